The van der Waals surface area contributed by atoms with Crippen LogP contribution in [0.5, 0.6) is 5.75 Å². The van der Waals surface area contributed by atoms with Crippen LogP contribution < -0.4 is 15.0 Å². The van der Waals surface area contributed by atoms with Crippen LogP contribution in [0.1, 0.15) is 42.3 Å². The third-order valence-electron chi connectivity index (χ3n) is 8.19. The Morgan fingerprint density at radius 1 is 0.974 bits per heavy atom. The monoisotopic (exact) mass is 506 g/mol. The third kappa shape index (κ3) is 3.22. The first kappa shape index (κ1) is 24.2. The molecule has 1 saturated heterocycles. The Morgan fingerprint density at radius 3 is 2.39 bits per heavy atom. The number of methoxy groups -OCH3 is 1. The number of amides is 1. The number of fused-ring (bicyclic) bond motifs is 6. The molecule has 0 aromatic heterocycles. The maximum Gasteiger partial charge on any atom is 0.238 e. The smallest absolute Gasteiger partial charge is 0.238 e. The number of nitrogens with one attached hydrogen (secondary N) is 1. The lowest BCUT2D eigenvalue weighted by atomic mass is 9.63. The molecule has 4 atom stereocenters. The minimum absolute atomic E-state index is 0.0806. The van der Waals surface area contributed by atoms with E-state index in [0.29, 0.717) is 17.0 Å². The number of ketones is 2. The van der Waals surface area contributed by atoms with Gasteiger partial charge in [0.1, 0.15) is 17.2 Å². The highest BCUT2D eigenvalue weighted by Crippen LogP contribution is 2.58. The van der Waals surface area contributed by atoms with E-state index in [9.17, 15) is 14.4 Å². The van der Waals surface area contributed by atoms with Gasteiger partial charge in [0.2, 0.25) is 5.91 Å². The van der Waals surface area contributed by atoms with Gasteiger partial charge in [0.15, 0.2) is 11.6 Å². The molecule has 6 nitrogen and oxygen atoms in total. The quantitative estimate of drug-likeness (QED) is 0.487. The van der Waals surface area contributed by atoms with Crippen LogP contribution in [0.25, 0.3) is 6.08 Å². The molecule has 6 rings (SSSR count). The van der Waals surface area contributed by atoms with Gasteiger partial charge >= 0.3 is 0 Å². The van der Waals surface area contributed by atoms with Gasteiger partial charge in [-0.2, -0.15) is 0 Å². The number of rotatable bonds is 4. The van der Waals surface area contributed by atoms with Crippen LogP contribution in [0.4, 0.5) is 11.4 Å². The van der Waals surface area contributed by atoms with Gasteiger partial charge in [-0.1, -0.05) is 81.5 Å². The molecule has 3 aromatic rings. The molecule has 0 bridgehead atoms. The molecule has 1 spiro atoms. The lowest BCUT2D eigenvalue weighted by Gasteiger charge is -2.38. The molecule has 3 aliphatic rings. The van der Waals surface area contributed by atoms with Gasteiger partial charge in [-0.15, -0.1) is 0 Å². The minimum Gasteiger partial charge on any atom is -0.497 e. The molecule has 6 heteroatoms. The van der Waals surface area contributed by atoms with Crippen molar-refractivity contribution in [2.45, 2.75) is 38.3 Å². The average molecular weight is 507 g/mol. The molecule has 192 valence electrons. The van der Waals surface area contributed by atoms with Gasteiger partial charge in [-0.05, 0) is 29.8 Å². The lowest BCUT2D eigenvalue weighted by molar-refractivity contribution is -0.128. The summed E-state index contributed by atoms with van der Waals surface area (Å²) in [4.78, 5) is 45.2. The van der Waals surface area contributed by atoms with E-state index in [4.69, 9.17) is 4.74 Å². The molecule has 0 aliphatic carbocycles. The highest BCUT2D eigenvalue weighted by atomic mass is 16.5. The number of carbonyl (C=O) groups is 3. The topological polar surface area (TPSA) is 75.7 Å². The van der Waals surface area contributed by atoms with Crippen LogP contribution in [0.15, 0.2) is 78.9 Å². The molecule has 1 fully saturated rings. The predicted molar refractivity (Wildman–Crippen MR) is 148 cm³/mol. The van der Waals surface area contributed by atoms with Gasteiger partial charge in [-0.25, -0.2) is 0 Å². The summed E-state index contributed by atoms with van der Waals surface area (Å²) in [7, 11) is 1.61. The van der Waals surface area contributed by atoms with Crippen molar-refractivity contribution in [1.82, 2.24) is 0 Å². The van der Waals surface area contributed by atoms with Gasteiger partial charge in [0.25, 0.3) is 0 Å². The first-order valence-electron chi connectivity index (χ1n) is 12.9. The second-order valence-electron chi connectivity index (χ2n) is 11.3. The molecule has 1 amide bonds. The Bertz CT molecular complexity index is 1500. The zero-order valence-electron chi connectivity index (χ0n) is 21.9. The van der Waals surface area contributed by atoms with E-state index in [-0.39, 0.29) is 17.5 Å². The van der Waals surface area contributed by atoms with Crippen molar-refractivity contribution >= 4 is 34.9 Å². The molecule has 38 heavy (non-hydrogen) atoms. The molecular weight excluding hydrogens is 476 g/mol. The number of carbonyl (C=O) groups excluding carboxylic acids is 3. The lowest BCUT2D eigenvalue weighted by Crippen LogP contribution is -2.51. The van der Waals surface area contributed by atoms with E-state index in [2.05, 4.69) is 5.32 Å². The van der Waals surface area contributed by atoms with Crippen LogP contribution in [-0.2, 0) is 15.0 Å². The standard InChI is InChI=1S/C32H30N2O4/c1-31(2,3)29(36)27-26(28(35)19-10-6-5-7-11-19)32(22-12-8-9-13-23(22)33-30(32)37)25-17-14-20-18-21(38-4)15-16-24(20)34(25)27/h5-18,25-27H,1-4H3,(H,33,37)/t25-,26+,27+,32-/m1/s1. The minimum atomic E-state index is -1.29. The molecule has 3 aromatic carbocycles. The van der Waals surface area contributed by atoms with E-state index < -0.39 is 28.8 Å². The molecule has 3 aliphatic heterocycles. The number of para-hydroxylation sites is 1. The zero-order valence-corrected chi connectivity index (χ0v) is 21.9. The van der Waals surface area contributed by atoms with Crippen LogP contribution in [0.2, 0.25) is 0 Å². The SMILES string of the molecule is COc1ccc2c(c1)C=C[C@H]1N2[C@H](C(=O)C(C)(C)C)[C@@H](C(=O)c2ccccc2)[C@]12C(=O)Nc1ccccc12. The van der Waals surface area contributed by atoms with Crippen molar-refractivity contribution in [1.29, 1.82) is 0 Å². The number of hydrogen-bond acceptors (Lipinski definition) is 5. The second-order valence-corrected chi connectivity index (χ2v) is 11.3. The maximum absolute atomic E-state index is 14.6. The maximum atomic E-state index is 14.6. The molecule has 3 heterocycles. The predicted octanol–water partition coefficient (Wildman–Crippen LogP) is 5.28. The molecular formula is C32H30N2O4. The van der Waals surface area contributed by atoms with Crippen LogP contribution in [0, 0.1) is 11.3 Å². The number of benzene rings is 3. The Hall–Kier alpha value is -4.19. The summed E-state index contributed by atoms with van der Waals surface area (Å²) in [5, 5.41) is 3.06. The summed E-state index contributed by atoms with van der Waals surface area (Å²) >= 11 is 0. The van der Waals surface area contributed by atoms with Crippen molar-refractivity contribution in [2.75, 3.05) is 17.3 Å². The highest BCUT2D eigenvalue weighted by Gasteiger charge is 2.70. The van der Waals surface area contributed by atoms with Gasteiger partial charge in [0, 0.05) is 27.9 Å². The summed E-state index contributed by atoms with van der Waals surface area (Å²) in [5.74, 6) is -0.794. The Morgan fingerprint density at radius 2 is 1.68 bits per heavy atom. The number of nitrogens with zero attached hydrogens (tertiary/aromatic N) is 1. The van der Waals surface area contributed by atoms with Crippen molar-refractivity contribution in [3.8, 4) is 5.75 Å². The molecule has 0 unspecified atom stereocenters. The van der Waals surface area contributed by atoms with E-state index in [1.807, 2.05) is 98.5 Å². The van der Waals surface area contributed by atoms with Crippen molar-refractivity contribution in [3.05, 3.63) is 95.6 Å². The van der Waals surface area contributed by atoms with E-state index >= 15 is 0 Å². The zero-order chi connectivity index (χ0) is 26.8. The van der Waals surface area contributed by atoms with Crippen molar-refractivity contribution in [3.63, 3.8) is 0 Å². The van der Waals surface area contributed by atoms with Crippen LogP contribution in [0.3, 0.4) is 0 Å². The second kappa shape index (κ2) is 8.42. The largest absolute Gasteiger partial charge is 0.497 e. The highest BCUT2D eigenvalue weighted by molar-refractivity contribution is 6.17. The Balaban J connectivity index is 1.68. The van der Waals surface area contributed by atoms with Gasteiger partial charge in [-0.3, -0.25) is 14.4 Å². The summed E-state index contributed by atoms with van der Waals surface area (Å²) in [6.45, 7) is 5.62. The van der Waals surface area contributed by atoms with Crippen molar-refractivity contribution in [2.24, 2.45) is 11.3 Å². The fourth-order valence-corrected chi connectivity index (χ4v) is 6.51. The van der Waals surface area contributed by atoms with Gasteiger partial charge in [0.05, 0.1) is 19.1 Å². The van der Waals surface area contributed by atoms with Crippen molar-refractivity contribution < 1.29 is 19.1 Å². The summed E-state index contributed by atoms with van der Waals surface area (Å²) in [5.41, 5.74) is 1.56. The molecule has 0 saturated carbocycles. The number of ether oxygens (including phenoxy) is 1. The fourth-order valence-electron chi connectivity index (χ4n) is 6.51. The van der Waals surface area contributed by atoms with E-state index in [1.165, 1.54) is 0 Å². The van der Waals surface area contributed by atoms with Gasteiger partial charge < -0.3 is 15.0 Å². The normalized spacial score (nSPS) is 25.0. The fraction of sp³-hybridized carbons (Fsp3) is 0.281. The van der Waals surface area contributed by atoms with E-state index in [0.717, 1.165) is 16.8 Å². The first-order valence-corrected chi connectivity index (χ1v) is 12.9. The molecule has 1 N–H and O–H groups in total. The summed E-state index contributed by atoms with van der Waals surface area (Å²) < 4.78 is 5.46. The van der Waals surface area contributed by atoms with Crippen LogP contribution in [-0.4, -0.2) is 36.7 Å². The Kier molecular flexibility index (Phi) is 5.35. The first-order chi connectivity index (χ1) is 18.2. The number of anilines is 2. The third-order valence-corrected chi connectivity index (χ3v) is 8.19. The molecule has 0 radical (unpaired) electrons. The Labute approximate surface area is 222 Å². The average Bonchev–Trinajstić information content (AvgIpc) is 3.40. The summed E-state index contributed by atoms with van der Waals surface area (Å²) in [6, 6.07) is 20.8. The number of Topliss-reactive ketones (excluding diaryl/α,β-unsaturated/α-hetero) is 2. The van der Waals surface area contributed by atoms with Crippen LogP contribution >= 0.6 is 0 Å². The summed E-state index contributed by atoms with van der Waals surface area (Å²) in [6.07, 6.45) is 3.95. The number of hydrogen-bond donors (Lipinski definition) is 1. The van der Waals surface area contributed by atoms with E-state index in [1.54, 1.807) is 19.2 Å².